The number of hydrogen-bond donors (Lipinski definition) is 2. The summed E-state index contributed by atoms with van der Waals surface area (Å²) >= 11 is 1.41. The summed E-state index contributed by atoms with van der Waals surface area (Å²) in [4.78, 5) is 29.6. The number of para-hydroxylation sites is 1. The first kappa shape index (κ1) is 28.5. The monoisotopic (exact) mass is 593 g/mol. The highest BCUT2D eigenvalue weighted by molar-refractivity contribution is 7.22. The molecule has 0 saturated carbocycles. The minimum absolute atomic E-state index is 0.0715. The molecule has 6 rings (SSSR count). The Bertz CT molecular complexity index is 1750. The lowest BCUT2D eigenvalue weighted by Gasteiger charge is -2.26. The van der Waals surface area contributed by atoms with E-state index in [2.05, 4.69) is 4.90 Å². The maximum absolute atomic E-state index is 13.9. The standard InChI is InChI=1S/C35H31NO6S/c37-25-12-17-29-31(22-25)43-34(24-10-15-27(16-11-24)42-35(40)28-6-2-3-7-30(28)38)32(29)33(39)23-8-13-26(14-9-23)41-21-20-36-18-4-1-5-19-36/h2-3,6-17,22,37-38H,1,4-5,18-21H2. The van der Waals surface area contributed by atoms with Crippen molar-refractivity contribution in [1.29, 1.82) is 0 Å². The van der Waals surface area contributed by atoms with Crippen molar-refractivity contribution in [2.24, 2.45) is 0 Å². The Hall–Kier alpha value is -4.66. The van der Waals surface area contributed by atoms with Crippen LogP contribution in [-0.2, 0) is 0 Å². The van der Waals surface area contributed by atoms with Gasteiger partial charge < -0.3 is 19.7 Å². The van der Waals surface area contributed by atoms with Gasteiger partial charge in [0.25, 0.3) is 0 Å². The molecule has 43 heavy (non-hydrogen) atoms. The van der Waals surface area contributed by atoms with Crippen LogP contribution in [0.1, 0.15) is 45.5 Å². The summed E-state index contributed by atoms with van der Waals surface area (Å²) in [6.07, 6.45) is 3.79. The molecule has 1 aliphatic heterocycles. The molecule has 2 heterocycles. The van der Waals surface area contributed by atoms with Gasteiger partial charge >= 0.3 is 5.97 Å². The number of ketones is 1. The number of rotatable bonds is 9. The van der Waals surface area contributed by atoms with Gasteiger partial charge in [0.05, 0.1) is 0 Å². The van der Waals surface area contributed by atoms with Gasteiger partial charge in [-0.1, -0.05) is 18.6 Å². The molecule has 1 fully saturated rings. The number of nitrogens with zero attached hydrogens (tertiary/aromatic N) is 1. The van der Waals surface area contributed by atoms with Crippen LogP contribution < -0.4 is 9.47 Å². The first-order valence-electron chi connectivity index (χ1n) is 14.3. The summed E-state index contributed by atoms with van der Waals surface area (Å²) in [5, 5.41) is 20.8. The molecule has 7 nitrogen and oxygen atoms in total. The van der Waals surface area contributed by atoms with E-state index in [1.165, 1.54) is 42.7 Å². The predicted octanol–water partition coefficient (Wildman–Crippen LogP) is 7.29. The third-order valence-electron chi connectivity index (χ3n) is 7.59. The molecule has 0 amide bonds. The van der Waals surface area contributed by atoms with Crippen LogP contribution in [0.2, 0.25) is 0 Å². The number of aromatic hydroxyl groups is 2. The molecule has 8 heteroatoms. The average molecular weight is 594 g/mol. The van der Waals surface area contributed by atoms with Crippen molar-refractivity contribution in [2.45, 2.75) is 19.3 Å². The number of ether oxygens (including phenoxy) is 2. The van der Waals surface area contributed by atoms with Crippen LogP contribution in [0.15, 0.2) is 91.0 Å². The first-order chi connectivity index (χ1) is 21.0. The number of piperidine rings is 1. The van der Waals surface area contributed by atoms with Gasteiger partial charge in [-0.05, 0) is 110 Å². The Labute approximate surface area is 253 Å². The van der Waals surface area contributed by atoms with Crippen molar-refractivity contribution >= 4 is 33.2 Å². The first-order valence-corrected chi connectivity index (χ1v) is 15.1. The van der Waals surface area contributed by atoms with Gasteiger partial charge in [0, 0.05) is 32.6 Å². The molecule has 0 unspecified atom stereocenters. The molecular weight excluding hydrogens is 562 g/mol. The van der Waals surface area contributed by atoms with E-state index < -0.39 is 5.97 Å². The highest BCUT2D eigenvalue weighted by atomic mass is 32.1. The largest absolute Gasteiger partial charge is 0.508 e. The molecule has 0 bridgehead atoms. The second kappa shape index (κ2) is 12.7. The summed E-state index contributed by atoms with van der Waals surface area (Å²) in [7, 11) is 0. The van der Waals surface area contributed by atoms with Gasteiger partial charge in [-0.3, -0.25) is 9.69 Å². The number of esters is 1. The predicted molar refractivity (Wildman–Crippen MR) is 168 cm³/mol. The van der Waals surface area contributed by atoms with Crippen LogP contribution in [0.5, 0.6) is 23.0 Å². The van der Waals surface area contributed by atoms with Gasteiger partial charge in [-0.2, -0.15) is 0 Å². The minimum atomic E-state index is -0.669. The zero-order chi connectivity index (χ0) is 29.8. The lowest BCUT2D eigenvalue weighted by molar-refractivity contribution is 0.0731. The molecule has 4 aromatic carbocycles. The zero-order valence-corrected chi connectivity index (χ0v) is 24.3. The number of fused-ring (bicyclic) bond motifs is 1. The fraction of sp³-hybridized carbons (Fsp3) is 0.200. The molecular formula is C35H31NO6S. The van der Waals surface area contributed by atoms with Crippen molar-refractivity contribution in [1.82, 2.24) is 4.90 Å². The lowest BCUT2D eigenvalue weighted by Crippen LogP contribution is -2.33. The molecule has 5 aromatic rings. The van der Waals surface area contributed by atoms with Crippen LogP contribution in [0.25, 0.3) is 20.5 Å². The second-order valence-corrected chi connectivity index (χ2v) is 11.6. The number of thiophene rings is 1. The SMILES string of the molecule is O=C(Oc1ccc(-c2sc3cc(O)ccc3c2C(=O)c2ccc(OCCN3CCCCC3)cc2)cc1)c1ccccc1O. The number of carbonyl (C=O) groups excluding carboxylic acids is 2. The zero-order valence-electron chi connectivity index (χ0n) is 23.5. The molecule has 0 aliphatic carbocycles. The van der Waals surface area contributed by atoms with Crippen molar-refractivity contribution < 1.29 is 29.3 Å². The van der Waals surface area contributed by atoms with Crippen LogP contribution >= 0.6 is 11.3 Å². The van der Waals surface area contributed by atoms with Crippen LogP contribution in [0.4, 0.5) is 0 Å². The molecule has 1 aliphatic rings. The van der Waals surface area contributed by atoms with Crippen LogP contribution in [-0.4, -0.2) is 53.1 Å². The van der Waals surface area contributed by atoms with E-state index in [9.17, 15) is 19.8 Å². The third-order valence-corrected chi connectivity index (χ3v) is 8.79. The summed E-state index contributed by atoms with van der Waals surface area (Å²) in [5.74, 6) is 0.191. The number of phenolic OH excluding ortho intramolecular Hbond substituents is 2. The van der Waals surface area contributed by atoms with E-state index in [0.29, 0.717) is 23.5 Å². The van der Waals surface area contributed by atoms with Crippen molar-refractivity contribution in [3.63, 3.8) is 0 Å². The van der Waals surface area contributed by atoms with Gasteiger partial charge in [0.2, 0.25) is 0 Å². The van der Waals surface area contributed by atoms with Crippen molar-refractivity contribution in [3.8, 4) is 33.4 Å². The Kier molecular flexibility index (Phi) is 8.40. The van der Waals surface area contributed by atoms with E-state index in [4.69, 9.17) is 9.47 Å². The molecule has 1 aromatic heterocycles. The highest BCUT2D eigenvalue weighted by Gasteiger charge is 2.22. The summed E-state index contributed by atoms with van der Waals surface area (Å²) in [6.45, 7) is 3.74. The van der Waals surface area contributed by atoms with Gasteiger partial charge in [0.15, 0.2) is 5.78 Å². The van der Waals surface area contributed by atoms with Gasteiger partial charge in [-0.25, -0.2) is 4.79 Å². The topological polar surface area (TPSA) is 96.3 Å². The number of likely N-dealkylation sites (tertiary alicyclic amines) is 1. The summed E-state index contributed by atoms with van der Waals surface area (Å²) in [5.41, 5.74) is 1.91. The second-order valence-electron chi connectivity index (χ2n) is 10.5. The maximum atomic E-state index is 13.9. The van der Waals surface area contributed by atoms with Gasteiger partial charge in [0.1, 0.15) is 35.2 Å². The lowest BCUT2D eigenvalue weighted by atomic mass is 9.97. The number of benzene rings is 4. The summed E-state index contributed by atoms with van der Waals surface area (Å²) in [6, 6.07) is 25.3. The fourth-order valence-electron chi connectivity index (χ4n) is 5.32. The molecule has 0 radical (unpaired) electrons. The Balaban J connectivity index is 1.22. The Morgan fingerprint density at radius 3 is 2.28 bits per heavy atom. The van der Waals surface area contributed by atoms with Crippen molar-refractivity contribution in [2.75, 3.05) is 26.2 Å². The number of carbonyl (C=O) groups is 2. The van der Waals surface area contributed by atoms with E-state index >= 15 is 0 Å². The Morgan fingerprint density at radius 2 is 1.53 bits per heavy atom. The highest BCUT2D eigenvalue weighted by Crippen LogP contribution is 2.41. The van der Waals surface area contributed by atoms with E-state index in [1.807, 2.05) is 12.1 Å². The summed E-state index contributed by atoms with van der Waals surface area (Å²) < 4.78 is 12.2. The quantitative estimate of drug-likeness (QED) is 0.105. The van der Waals surface area contributed by atoms with Crippen LogP contribution in [0, 0.1) is 0 Å². The maximum Gasteiger partial charge on any atom is 0.347 e. The normalized spacial score (nSPS) is 13.6. The van der Waals surface area contributed by atoms with Crippen molar-refractivity contribution in [3.05, 3.63) is 108 Å². The van der Waals surface area contributed by atoms with Crippen LogP contribution in [0.3, 0.4) is 0 Å². The Morgan fingerprint density at radius 1 is 0.814 bits per heavy atom. The molecule has 0 atom stereocenters. The number of hydrogen-bond acceptors (Lipinski definition) is 8. The molecule has 2 N–H and O–H groups in total. The van der Waals surface area contributed by atoms with Gasteiger partial charge in [-0.15, -0.1) is 11.3 Å². The molecule has 218 valence electrons. The minimum Gasteiger partial charge on any atom is -0.508 e. The van der Waals surface area contributed by atoms with E-state index in [-0.39, 0.29) is 22.8 Å². The molecule has 1 saturated heterocycles. The fourth-order valence-corrected chi connectivity index (χ4v) is 6.56. The molecule has 0 spiro atoms. The smallest absolute Gasteiger partial charge is 0.347 e. The third kappa shape index (κ3) is 6.40. The average Bonchev–Trinajstić information content (AvgIpc) is 3.40. The van der Waals surface area contributed by atoms with E-state index in [0.717, 1.165) is 45.9 Å². The van der Waals surface area contributed by atoms with E-state index in [1.54, 1.807) is 66.7 Å². The number of phenols is 2.